The van der Waals surface area contributed by atoms with Crippen LogP contribution in [0.1, 0.15) is 1.43 Å². The third-order valence-corrected chi connectivity index (χ3v) is 1.71. The largest absolute Gasteiger partial charge is 0.224 e. The van der Waals surface area contributed by atoms with Gasteiger partial charge < -0.3 is 0 Å². The minimum Gasteiger partial charge on any atom is -0.224 e. The van der Waals surface area contributed by atoms with Crippen molar-refractivity contribution in [2.24, 2.45) is 0 Å². The van der Waals surface area contributed by atoms with E-state index in [-0.39, 0.29) is 21.2 Å². The maximum atomic E-state index is 3.15. The molecule has 0 amide bonds. The van der Waals surface area contributed by atoms with Gasteiger partial charge >= 0.3 is 0 Å². The molecule has 61 valence electrons. The van der Waals surface area contributed by atoms with Crippen LogP contribution < -0.4 is 0 Å². The van der Waals surface area contributed by atoms with Gasteiger partial charge in [-0.05, 0) is 5.57 Å². The van der Waals surface area contributed by atoms with Gasteiger partial charge in [0.05, 0.1) is 6.08 Å². The number of allylic oxidation sites excluding steroid dienone is 9. The molecule has 0 saturated heterocycles. The predicted octanol–water partition coefficient (Wildman–Crippen LogP) is 2.56. The van der Waals surface area contributed by atoms with Gasteiger partial charge in [0, 0.05) is 45.5 Å². The molecule has 0 spiro atoms. The average molecular weight is 224 g/mol. The number of hydrogen-bond acceptors (Lipinski definition) is 0. The Hall–Kier alpha value is -1.10. The van der Waals surface area contributed by atoms with E-state index in [0.717, 1.165) is 11.1 Å². The minimum absolute atomic E-state index is 0. The van der Waals surface area contributed by atoms with E-state index in [1.54, 1.807) is 0 Å². The average Bonchev–Trinajstić information content (AvgIpc) is 2.21. The summed E-state index contributed by atoms with van der Waals surface area (Å²) in [6, 6.07) is 0. The van der Waals surface area contributed by atoms with E-state index in [9.17, 15) is 0 Å². The Bertz CT molecular complexity index is 364. The van der Waals surface area contributed by atoms with Crippen LogP contribution in [0.2, 0.25) is 0 Å². The fourth-order valence-electron chi connectivity index (χ4n) is 1.12. The maximum absolute atomic E-state index is 3.15. The molecule has 13 heavy (non-hydrogen) atoms. The van der Waals surface area contributed by atoms with Crippen LogP contribution in [0, 0.1) is 12.5 Å². The van der Waals surface area contributed by atoms with Crippen molar-refractivity contribution in [1.82, 2.24) is 0 Å². The molecule has 0 atom stereocenters. The molecule has 0 fully saturated rings. The molecule has 0 aromatic carbocycles. The van der Waals surface area contributed by atoms with Gasteiger partial charge in [0.25, 0.3) is 0 Å². The summed E-state index contributed by atoms with van der Waals surface area (Å²) < 4.78 is 0. The van der Waals surface area contributed by atoms with E-state index in [0.29, 0.717) is 0 Å². The van der Waals surface area contributed by atoms with Gasteiger partial charge in [0.15, 0.2) is 0 Å². The van der Waals surface area contributed by atoms with E-state index in [4.69, 9.17) is 0 Å². The van der Waals surface area contributed by atoms with E-state index in [1.165, 1.54) is 0 Å². The molecule has 0 bridgehead atoms. The molecule has 2 aliphatic rings. The Morgan fingerprint density at radius 1 is 1.38 bits per heavy atom. The van der Waals surface area contributed by atoms with Gasteiger partial charge in [0.1, 0.15) is 5.57 Å². The van der Waals surface area contributed by atoms with Gasteiger partial charge in [-0.15, -0.1) is 12.2 Å². The Morgan fingerprint density at radius 2 is 2.31 bits per heavy atom. The molecule has 0 aliphatic heterocycles. The number of hydrogen-bond donors (Lipinski definition) is 0. The summed E-state index contributed by atoms with van der Waals surface area (Å²) >= 11 is 0. The van der Waals surface area contributed by atoms with Crippen molar-refractivity contribution in [1.29, 1.82) is 0 Å². The summed E-state index contributed by atoms with van der Waals surface area (Å²) in [7, 11) is 0. The summed E-state index contributed by atoms with van der Waals surface area (Å²) in [4.78, 5) is 0. The van der Waals surface area contributed by atoms with Gasteiger partial charge in [-0.2, -0.15) is 12.5 Å². The fraction of sp³-hybridized carbons (Fsp3) is 0. The zero-order chi connectivity index (χ0) is 8.23. The van der Waals surface area contributed by atoms with Gasteiger partial charge in [-0.25, -0.2) is 5.73 Å². The molecular weight excluding hydrogens is 214 g/mol. The zero-order valence-electron chi connectivity index (χ0n) is 7.20. The van der Waals surface area contributed by atoms with Crippen molar-refractivity contribution in [3.05, 3.63) is 71.9 Å². The van der Waals surface area contributed by atoms with Crippen molar-refractivity contribution >= 4 is 19.8 Å². The predicted molar refractivity (Wildman–Crippen MR) is 57.9 cm³/mol. The molecule has 0 aromatic heterocycles. The zero-order valence-corrected chi connectivity index (χ0v) is 9.62. The third kappa shape index (κ3) is 2.42. The molecular formula is C12H10Ga. The second kappa shape index (κ2) is 4.81. The van der Waals surface area contributed by atoms with Crippen molar-refractivity contribution in [3.8, 4) is 0 Å². The van der Waals surface area contributed by atoms with Crippen LogP contribution in [0.25, 0.3) is 0 Å². The van der Waals surface area contributed by atoms with E-state index >= 15 is 0 Å². The van der Waals surface area contributed by atoms with Crippen LogP contribution in [0.5, 0.6) is 0 Å². The standard InChI is InChI=1S/C12H8.Ga.H2/c1-3-7-11(8-4-1)12-9-5-2-6-10-12;;/h1-7,9H;;1H. The Kier molecular flexibility index (Phi) is 3.69. The third-order valence-electron chi connectivity index (χ3n) is 1.71. The molecule has 0 nitrogen and oxygen atoms in total. The van der Waals surface area contributed by atoms with Crippen LogP contribution in [-0.2, 0) is 0 Å². The summed E-state index contributed by atoms with van der Waals surface area (Å²) in [5.41, 5.74) is 5.34. The van der Waals surface area contributed by atoms with Crippen molar-refractivity contribution in [2.75, 3.05) is 0 Å². The Balaban J connectivity index is 0.000000845. The van der Waals surface area contributed by atoms with Gasteiger partial charge in [-0.3, -0.25) is 0 Å². The molecule has 0 saturated carbocycles. The van der Waals surface area contributed by atoms with Crippen molar-refractivity contribution in [2.45, 2.75) is 0 Å². The Morgan fingerprint density at radius 3 is 2.92 bits per heavy atom. The molecule has 3 radical (unpaired) electrons. The smallest absolute Gasteiger partial charge is 0.137 e. The van der Waals surface area contributed by atoms with Crippen LogP contribution >= 0.6 is 0 Å². The summed E-state index contributed by atoms with van der Waals surface area (Å²) in [5, 5.41) is 0. The van der Waals surface area contributed by atoms with E-state index < -0.39 is 0 Å². The first kappa shape index (κ1) is 9.98. The van der Waals surface area contributed by atoms with Crippen molar-refractivity contribution in [3.63, 3.8) is 0 Å². The van der Waals surface area contributed by atoms with Crippen LogP contribution in [0.15, 0.2) is 59.4 Å². The van der Waals surface area contributed by atoms with Crippen LogP contribution in [-0.4, -0.2) is 19.8 Å². The van der Waals surface area contributed by atoms with E-state index in [1.807, 2.05) is 49.0 Å². The Labute approximate surface area is 93.3 Å². The summed E-state index contributed by atoms with van der Waals surface area (Å²) in [6.45, 7) is 0. The normalized spacial score (nSPS) is 16.6. The quantitative estimate of drug-likeness (QED) is 0.364. The van der Waals surface area contributed by atoms with Gasteiger partial charge in [-0.1, -0.05) is 0 Å². The molecule has 2 rings (SSSR count). The first-order chi connectivity index (χ1) is 5.97. The van der Waals surface area contributed by atoms with Gasteiger partial charge in [0.2, 0.25) is 0 Å². The molecule has 2 aliphatic carbocycles. The monoisotopic (exact) mass is 223 g/mol. The van der Waals surface area contributed by atoms with Crippen molar-refractivity contribution < 1.29 is 1.43 Å². The first-order valence-electron chi connectivity index (χ1n) is 3.90. The van der Waals surface area contributed by atoms with Crippen LogP contribution in [0.3, 0.4) is 0 Å². The molecule has 0 heterocycles. The SMILES string of the molecule is C1=C[CH-]C=CC=1C1=CC=CC=[C+]1.[Ga].[HH]. The summed E-state index contributed by atoms with van der Waals surface area (Å²) in [5.74, 6) is 0. The summed E-state index contributed by atoms with van der Waals surface area (Å²) in [6.07, 6.45) is 19.0. The molecule has 0 unspecified atom stereocenters. The molecule has 0 N–H and O–H groups in total. The van der Waals surface area contributed by atoms with E-state index in [2.05, 4.69) is 11.8 Å². The number of rotatable bonds is 1. The second-order valence-electron chi connectivity index (χ2n) is 2.55. The van der Waals surface area contributed by atoms with Crippen LogP contribution in [0.4, 0.5) is 0 Å². The molecule has 0 aromatic rings. The maximum Gasteiger partial charge on any atom is 0.137 e. The molecule has 1 heteroatoms. The minimum atomic E-state index is 0. The second-order valence-corrected chi connectivity index (χ2v) is 2.55. The topological polar surface area (TPSA) is 0 Å². The fourth-order valence-corrected chi connectivity index (χ4v) is 1.12. The first-order valence-corrected chi connectivity index (χ1v) is 3.90.